The zero-order valence-electron chi connectivity index (χ0n) is 6.08. The lowest BCUT2D eigenvalue weighted by Gasteiger charge is -1.94. The van der Waals surface area contributed by atoms with Crippen LogP contribution in [0.3, 0.4) is 0 Å². The summed E-state index contributed by atoms with van der Waals surface area (Å²) in [5, 5.41) is 15.0. The van der Waals surface area contributed by atoms with Crippen molar-refractivity contribution in [3.63, 3.8) is 0 Å². The van der Waals surface area contributed by atoms with E-state index >= 15 is 0 Å². The van der Waals surface area contributed by atoms with Crippen molar-refractivity contribution in [2.24, 2.45) is 0 Å². The summed E-state index contributed by atoms with van der Waals surface area (Å²) < 4.78 is 0. The Morgan fingerprint density at radius 2 is 1.54 bits per heavy atom. The van der Waals surface area contributed by atoms with E-state index in [1.807, 2.05) is 0 Å². The van der Waals surface area contributed by atoms with Crippen LogP contribution in [0.5, 0.6) is 0 Å². The Morgan fingerprint density at radius 1 is 1.23 bits per heavy atom. The zero-order chi connectivity index (χ0) is 10.4. The summed E-state index contributed by atoms with van der Waals surface area (Å²) in [5.74, 6) is 0. The van der Waals surface area contributed by atoms with Gasteiger partial charge in [0.1, 0.15) is 0 Å². The van der Waals surface area contributed by atoms with Gasteiger partial charge in [0.05, 0.1) is 15.1 Å². The third kappa shape index (κ3) is 5.52. The van der Waals surface area contributed by atoms with Crippen molar-refractivity contribution < 1.29 is 10.3 Å². The highest BCUT2D eigenvalue weighted by Crippen LogP contribution is 2.28. The number of hydrogen-bond acceptors (Lipinski definition) is 2. The maximum absolute atomic E-state index is 8.36. The van der Waals surface area contributed by atoms with Crippen molar-refractivity contribution in [3.8, 4) is 0 Å². The van der Waals surface area contributed by atoms with Gasteiger partial charge in [0.15, 0.2) is 0 Å². The van der Waals surface area contributed by atoms with E-state index in [1.165, 1.54) is 0 Å². The van der Waals surface area contributed by atoms with Gasteiger partial charge >= 0.3 is 0 Å². The molecule has 0 fully saturated rings. The molecule has 4 nitrogen and oxygen atoms in total. The predicted molar refractivity (Wildman–Crippen MR) is 50.3 cm³/mol. The van der Waals surface area contributed by atoms with Gasteiger partial charge < -0.3 is 5.21 Å². The first-order valence-electron chi connectivity index (χ1n) is 2.88. The first-order chi connectivity index (χ1) is 5.95. The molecule has 0 unspecified atom stereocenters. The Morgan fingerprint density at radius 3 is 1.77 bits per heavy atom. The Kier molecular flexibility index (Phi) is 5.53. The molecule has 1 aromatic rings. The molecule has 13 heavy (non-hydrogen) atoms. The summed E-state index contributed by atoms with van der Waals surface area (Å²) >= 11 is 16.8. The van der Waals surface area contributed by atoms with Crippen molar-refractivity contribution in [1.29, 1.82) is 0 Å². The molecule has 1 rings (SSSR count). The maximum atomic E-state index is 8.36. The molecule has 1 aromatic carbocycles. The molecule has 0 saturated heterocycles. The van der Waals surface area contributed by atoms with E-state index in [-0.39, 0.29) is 0 Å². The van der Waals surface area contributed by atoms with Gasteiger partial charge in [-0.2, -0.15) is 0 Å². The van der Waals surface area contributed by atoms with Gasteiger partial charge in [-0.15, -0.1) is 10.1 Å². The molecular weight excluding hydrogens is 240 g/mol. The topological polar surface area (TPSA) is 63.4 Å². The van der Waals surface area contributed by atoms with Gasteiger partial charge in [0, 0.05) is 0 Å². The first-order valence-corrected chi connectivity index (χ1v) is 4.01. The molecule has 0 heterocycles. The monoisotopic (exact) mass is 243 g/mol. The minimum absolute atomic E-state index is 0.417. The van der Waals surface area contributed by atoms with Crippen molar-refractivity contribution in [2.45, 2.75) is 0 Å². The largest absolute Gasteiger partial charge is 0.328 e. The molecule has 1 N–H and O–H groups in total. The van der Waals surface area contributed by atoms with Gasteiger partial charge in [-0.25, -0.2) is 0 Å². The van der Waals surface area contributed by atoms with Gasteiger partial charge in [0.2, 0.25) is 0 Å². The summed E-state index contributed by atoms with van der Waals surface area (Å²) in [6.07, 6.45) is 0. The van der Waals surface area contributed by atoms with Crippen LogP contribution in [0.1, 0.15) is 0 Å². The second kappa shape index (κ2) is 5.85. The molecule has 0 atom stereocenters. The quantitative estimate of drug-likeness (QED) is 0.433. The molecule has 0 aliphatic carbocycles. The number of rotatable bonds is 0. The highest BCUT2D eigenvalue weighted by molar-refractivity contribution is 6.47. The van der Waals surface area contributed by atoms with E-state index in [9.17, 15) is 0 Å². The summed E-state index contributed by atoms with van der Waals surface area (Å²) in [6.45, 7) is 0. The number of halogens is 3. The van der Waals surface area contributed by atoms with Gasteiger partial charge in [-0.1, -0.05) is 40.9 Å². The average molecular weight is 244 g/mol. The second-order valence-electron chi connectivity index (χ2n) is 1.77. The molecule has 0 saturated carbocycles. The number of hydrogen-bond donors (Lipinski definition) is 1. The van der Waals surface area contributed by atoms with Crippen LogP contribution in [-0.2, 0) is 0 Å². The van der Waals surface area contributed by atoms with Crippen LogP contribution >= 0.6 is 34.8 Å². The molecule has 0 aromatic heterocycles. The summed E-state index contributed by atoms with van der Waals surface area (Å²) in [6, 6.07) is 5.13. The lowest BCUT2D eigenvalue weighted by molar-refractivity contribution is -0.742. The fraction of sp³-hybridized carbons (Fsp3) is 0. The Balaban J connectivity index is 0.000000310. The first kappa shape index (κ1) is 12.3. The number of nitrogens with zero attached hydrogens (tertiary/aromatic N) is 1. The fourth-order valence-electron chi connectivity index (χ4n) is 0.477. The van der Waals surface area contributed by atoms with Crippen LogP contribution < -0.4 is 0 Å². The molecule has 0 aliphatic rings. The molecule has 0 spiro atoms. The van der Waals surface area contributed by atoms with Crippen molar-refractivity contribution >= 4 is 34.8 Å². The molecular formula is C6H4Cl3NO3. The van der Waals surface area contributed by atoms with Crippen LogP contribution in [0.4, 0.5) is 0 Å². The second-order valence-corrected chi connectivity index (χ2v) is 2.97. The van der Waals surface area contributed by atoms with Gasteiger partial charge in [-0.05, 0) is 12.1 Å². The smallest absolute Gasteiger partial charge is 0.291 e. The van der Waals surface area contributed by atoms with Crippen molar-refractivity contribution in [3.05, 3.63) is 43.4 Å². The van der Waals surface area contributed by atoms with Crippen molar-refractivity contribution in [2.75, 3.05) is 0 Å². The van der Waals surface area contributed by atoms with Crippen LogP contribution in [0, 0.1) is 10.1 Å². The highest BCUT2D eigenvalue weighted by Gasteiger charge is 1.98. The normalized spacial score (nSPS) is 8.54. The van der Waals surface area contributed by atoms with E-state index in [2.05, 4.69) is 0 Å². The summed E-state index contributed by atoms with van der Waals surface area (Å²) in [7, 11) is 0. The summed E-state index contributed by atoms with van der Waals surface area (Å²) in [5.41, 5.74) is 0. The van der Waals surface area contributed by atoms with E-state index < -0.39 is 5.09 Å². The lowest BCUT2D eigenvalue weighted by Crippen LogP contribution is -1.81. The minimum atomic E-state index is -1.50. The van der Waals surface area contributed by atoms with Crippen LogP contribution in [0.25, 0.3) is 0 Å². The van der Waals surface area contributed by atoms with E-state index in [0.29, 0.717) is 15.1 Å². The average Bonchev–Trinajstić information content (AvgIpc) is 1.99. The Hall–Kier alpha value is -0.710. The molecule has 7 heteroatoms. The molecule has 72 valence electrons. The summed E-state index contributed by atoms with van der Waals surface area (Å²) in [4.78, 5) is 8.36. The van der Waals surface area contributed by atoms with Gasteiger partial charge in [0.25, 0.3) is 5.09 Å². The molecule has 0 aliphatic heterocycles. The predicted octanol–water partition coefficient (Wildman–Crippen LogP) is 3.30. The van der Waals surface area contributed by atoms with E-state index in [0.717, 1.165) is 0 Å². The SMILES string of the molecule is Clc1cccc(Cl)c1Cl.O=[N+]([O-])O. The number of benzene rings is 1. The zero-order valence-corrected chi connectivity index (χ0v) is 8.34. The van der Waals surface area contributed by atoms with Crippen LogP contribution in [-0.4, -0.2) is 10.3 Å². The Labute approximate surface area is 88.7 Å². The molecule has 0 bridgehead atoms. The van der Waals surface area contributed by atoms with Gasteiger partial charge in [-0.3, -0.25) is 0 Å². The lowest BCUT2D eigenvalue weighted by atomic mass is 10.4. The highest BCUT2D eigenvalue weighted by atomic mass is 35.5. The third-order valence-electron chi connectivity index (χ3n) is 0.904. The minimum Gasteiger partial charge on any atom is -0.328 e. The molecule has 0 radical (unpaired) electrons. The van der Waals surface area contributed by atoms with Crippen molar-refractivity contribution in [1.82, 2.24) is 0 Å². The van der Waals surface area contributed by atoms with E-state index in [4.69, 9.17) is 50.1 Å². The third-order valence-corrected chi connectivity index (χ3v) is 2.14. The molecule has 0 amide bonds. The maximum Gasteiger partial charge on any atom is 0.291 e. The van der Waals surface area contributed by atoms with Crippen LogP contribution in [0.15, 0.2) is 18.2 Å². The Bertz CT molecular complexity index is 281. The fourth-order valence-corrected chi connectivity index (χ4v) is 1.00. The van der Waals surface area contributed by atoms with Crippen LogP contribution in [0.2, 0.25) is 15.1 Å². The standard InChI is InChI=1S/C6H3Cl3.HNO3/c7-4-2-1-3-5(8)6(4)9;2-1(3)4/h1-3H;(H,2,3,4). The van der Waals surface area contributed by atoms with E-state index in [1.54, 1.807) is 18.2 Å².